The standard InChI is InChI=1S/C27H27NSi/c1-29(2,25-16-10-5-11-17-25)27(24-14-8-4-9-15-24)26(22-12-6-3-7-13-22)23-18-20-28-21-19-23/h3-21,26-27H,1-2H3. The van der Waals surface area contributed by atoms with Crippen molar-refractivity contribution in [2.45, 2.75) is 24.6 Å². The van der Waals surface area contributed by atoms with Crippen molar-refractivity contribution in [3.8, 4) is 0 Å². The van der Waals surface area contributed by atoms with Gasteiger partial charge in [0.25, 0.3) is 0 Å². The largest absolute Gasteiger partial charge is 0.265 e. The molecule has 1 aromatic heterocycles. The fourth-order valence-corrected chi connectivity index (χ4v) is 8.20. The van der Waals surface area contributed by atoms with Crippen LogP contribution in [0.2, 0.25) is 13.1 Å². The molecule has 2 heteroatoms. The smallest absolute Gasteiger partial charge is 0.0889 e. The van der Waals surface area contributed by atoms with Crippen LogP contribution < -0.4 is 5.19 Å². The van der Waals surface area contributed by atoms with Crippen LogP contribution in [0.1, 0.15) is 28.1 Å². The molecule has 1 heterocycles. The molecule has 2 atom stereocenters. The number of hydrogen-bond donors (Lipinski definition) is 0. The number of nitrogens with zero attached hydrogens (tertiary/aromatic N) is 1. The van der Waals surface area contributed by atoms with Crippen molar-refractivity contribution in [1.29, 1.82) is 0 Å². The number of pyridine rings is 1. The summed E-state index contributed by atoms with van der Waals surface area (Å²) in [6, 6.07) is 37.5. The zero-order chi connectivity index (χ0) is 20.1. The van der Waals surface area contributed by atoms with Gasteiger partial charge in [-0.3, -0.25) is 4.98 Å². The van der Waals surface area contributed by atoms with Crippen molar-refractivity contribution in [2.24, 2.45) is 0 Å². The highest BCUT2D eigenvalue weighted by molar-refractivity contribution is 6.91. The Balaban J connectivity index is 1.95. The zero-order valence-corrected chi connectivity index (χ0v) is 18.1. The van der Waals surface area contributed by atoms with Gasteiger partial charge >= 0.3 is 0 Å². The molecule has 0 N–H and O–H groups in total. The Hall–Kier alpha value is -2.97. The lowest BCUT2D eigenvalue weighted by Gasteiger charge is -2.40. The number of hydrogen-bond acceptors (Lipinski definition) is 1. The maximum atomic E-state index is 4.29. The van der Waals surface area contributed by atoms with Gasteiger partial charge in [-0.1, -0.05) is 109 Å². The van der Waals surface area contributed by atoms with Crippen molar-refractivity contribution in [3.63, 3.8) is 0 Å². The van der Waals surface area contributed by atoms with Crippen LogP contribution in [0, 0.1) is 0 Å². The van der Waals surface area contributed by atoms with Gasteiger partial charge in [0.05, 0.1) is 8.07 Å². The monoisotopic (exact) mass is 393 g/mol. The topological polar surface area (TPSA) is 12.9 Å². The summed E-state index contributed by atoms with van der Waals surface area (Å²) in [4.78, 5) is 4.29. The Morgan fingerprint density at radius 1 is 0.552 bits per heavy atom. The molecule has 0 aliphatic rings. The predicted octanol–water partition coefficient (Wildman–Crippen LogP) is 6.15. The van der Waals surface area contributed by atoms with E-state index in [4.69, 9.17) is 0 Å². The Bertz CT molecular complexity index is 976. The zero-order valence-electron chi connectivity index (χ0n) is 17.1. The van der Waals surface area contributed by atoms with Gasteiger partial charge in [0.2, 0.25) is 0 Å². The Labute approximate surface area is 175 Å². The van der Waals surface area contributed by atoms with Gasteiger partial charge in [0, 0.05) is 18.3 Å². The van der Waals surface area contributed by atoms with Gasteiger partial charge in [-0.2, -0.15) is 0 Å². The third-order valence-electron chi connectivity index (χ3n) is 6.01. The number of rotatable bonds is 6. The third-order valence-corrected chi connectivity index (χ3v) is 10.1. The first-order valence-electron chi connectivity index (χ1n) is 10.2. The molecule has 0 fully saturated rings. The highest BCUT2D eigenvalue weighted by Gasteiger charge is 2.41. The van der Waals surface area contributed by atoms with Crippen molar-refractivity contribution >= 4 is 13.3 Å². The van der Waals surface area contributed by atoms with Gasteiger partial charge in [-0.05, 0) is 34.4 Å². The fourth-order valence-electron chi connectivity index (χ4n) is 4.54. The summed E-state index contributed by atoms with van der Waals surface area (Å²) >= 11 is 0. The van der Waals surface area contributed by atoms with Gasteiger partial charge in [0.15, 0.2) is 0 Å². The first-order chi connectivity index (χ1) is 14.2. The normalized spacial score (nSPS) is 13.6. The summed E-state index contributed by atoms with van der Waals surface area (Å²) in [6.07, 6.45) is 3.84. The lowest BCUT2D eigenvalue weighted by molar-refractivity contribution is 0.749. The fraction of sp³-hybridized carbons (Fsp3) is 0.148. The molecule has 144 valence electrons. The van der Waals surface area contributed by atoms with Gasteiger partial charge in [0.1, 0.15) is 0 Å². The second kappa shape index (κ2) is 8.58. The number of aromatic nitrogens is 1. The summed E-state index contributed by atoms with van der Waals surface area (Å²) in [5, 5.41) is 1.49. The van der Waals surface area contributed by atoms with E-state index in [1.54, 1.807) is 0 Å². The molecule has 0 spiro atoms. The quantitative estimate of drug-likeness (QED) is 0.358. The van der Waals surface area contributed by atoms with Crippen LogP contribution in [-0.4, -0.2) is 13.1 Å². The minimum atomic E-state index is -1.90. The highest BCUT2D eigenvalue weighted by Crippen LogP contribution is 2.43. The van der Waals surface area contributed by atoms with Crippen molar-refractivity contribution in [3.05, 3.63) is 132 Å². The second-order valence-electron chi connectivity index (χ2n) is 8.14. The van der Waals surface area contributed by atoms with Crippen LogP contribution in [0.3, 0.4) is 0 Å². The molecule has 2 unspecified atom stereocenters. The molecule has 0 saturated carbocycles. The van der Waals surface area contributed by atoms with E-state index in [0.29, 0.717) is 5.54 Å². The van der Waals surface area contributed by atoms with E-state index >= 15 is 0 Å². The van der Waals surface area contributed by atoms with E-state index in [9.17, 15) is 0 Å². The second-order valence-corrected chi connectivity index (χ2v) is 12.8. The van der Waals surface area contributed by atoms with Crippen molar-refractivity contribution in [1.82, 2.24) is 4.98 Å². The first kappa shape index (κ1) is 19.3. The Kier molecular flexibility index (Phi) is 5.73. The van der Waals surface area contributed by atoms with E-state index in [0.717, 1.165) is 0 Å². The summed E-state index contributed by atoms with van der Waals surface area (Å²) in [5.74, 6) is 0.281. The van der Waals surface area contributed by atoms with Crippen molar-refractivity contribution < 1.29 is 0 Å². The molecule has 0 radical (unpaired) electrons. The molecule has 1 nitrogen and oxygen atoms in total. The van der Waals surface area contributed by atoms with Gasteiger partial charge in [-0.15, -0.1) is 0 Å². The van der Waals surface area contributed by atoms with Gasteiger partial charge < -0.3 is 0 Å². The average Bonchev–Trinajstić information content (AvgIpc) is 2.79. The third kappa shape index (κ3) is 4.08. The number of benzene rings is 3. The lowest BCUT2D eigenvalue weighted by atomic mass is 9.86. The molecule has 0 bridgehead atoms. The average molecular weight is 394 g/mol. The van der Waals surface area contributed by atoms with Crippen LogP contribution in [0.5, 0.6) is 0 Å². The van der Waals surface area contributed by atoms with E-state index < -0.39 is 8.07 Å². The lowest BCUT2D eigenvalue weighted by Crippen LogP contribution is -2.50. The van der Waals surface area contributed by atoms with Crippen LogP contribution in [0.25, 0.3) is 0 Å². The van der Waals surface area contributed by atoms with Crippen molar-refractivity contribution in [2.75, 3.05) is 0 Å². The Morgan fingerprint density at radius 2 is 1.00 bits per heavy atom. The molecular weight excluding hydrogens is 366 g/mol. The predicted molar refractivity (Wildman–Crippen MR) is 125 cm³/mol. The summed E-state index contributed by atoms with van der Waals surface area (Å²) < 4.78 is 0. The SMILES string of the molecule is C[Si](C)(c1ccccc1)C(c1ccccc1)C(c1ccccc1)c1ccncc1. The molecular formula is C27H27NSi. The molecule has 4 rings (SSSR count). The van der Waals surface area contributed by atoms with E-state index in [1.165, 1.54) is 21.9 Å². The molecule has 0 aliphatic carbocycles. The van der Waals surface area contributed by atoms with E-state index in [2.05, 4.69) is 121 Å². The highest BCUT2D eigenvalue weighted by atomic mass is 28.3. The maximum absolute atomic E-state index is 4.29. The summed E-state index contributed by atoms with van der Waals surface area (Å²) in [6.45, 7) is 5.02. The molecule has 0 amide bonds. The van der Waals surface area contributed by atoms with E-state index in [1.807, 2.05) is 12.4 Å². The van der Waals surface area contributed by atoms with E-state index in [-0.39, 0.29) is 5.92 Å². The molecule has 29 heavy (non-hydrogen) atoms. The molecule has 3 aromatic carbocycles. The first-order valence-corrected chi connectivity index (χ1v) is 13.3. The summed E-state index contributed by atoms with van der Waals surface area (Å²) in [5.41, 5.74) is 4.51. The maximum Gasteiger partial charge on any atom is 0.0889 e. The minimum Gasteiger partial charge on any atom is -0.265 e. The summed E-state index contributed by atoms with van der Waals surface area (Å²) in [7, 11) is -1.90. The molecule has 0 saturated heterocycles. The van der Waals surface area contributed by atoms with Crippen LogP contribution in [-0.2, 0) is 0 Å². The minimum absolute atomic E-state index is 0.281. The van der Waals surface area contributed by atoms with Crippen LogP contribution in [0.4, 0.5) is 0 Å². The van der Waals surface area contributed by atoms with Gasteiger partial charge in [-0.25, -0.2) is 0 Å². The Morgan fingerprint density at radius 3 is 1.55 bits per heavy atom. The molecule has 0 aliphatic heterocycles. The molecule has 4 aromatic rings. The van der Waals surface area contributed by atoms with Crippen LogP contribution in [0.15, 0.2) is 116 Å². The van der Waals surface area contributed by atoms with Crippen LogP contribution >= 0.6 is 0 Å².